The van der Waals surface area contributed by atoms with E-state index in [1.165, 1.54) is 44.6 Å². The lowest BCUT2D eigenvalue weighted by Crippen LogP contribution is -2.09. The fourth-order valence-electron chi connectivity index (χ4n) is 1.88. The lowest BCUT2D eigenvalue weighted by molar-refractivity contribution is -0.385. The molecule has 0 saturated heterocycles. The van der Waals surface area contributed by atoms with Gasteiger partial charge in [0.25, 0.3) is 11.4 Å². The van der Waals surface area contributed by atoms with Gasteiger partial charge < -0.3 is 20.1 Å². The van der Waals surface area contributed by atoms with Crippen molar-refractivity contribution in [1.29, 1.82) is 0 Å². The predicted octanol–water partition coefficient (Wildman–Crippen LogP) is 4.76. The van der Waals surface area contributed by atoms with Crippen molar-refractivity contribution in [3.8, 4) is 11.5 Å². The van der Waals surface area contributed by atoms with Crippen LogP contribution in [-0.4, -0.2) is 38.2 Å². The van der Waals surface area contributed by atoms with Crippen molar-refractivity contribution in [3.05, 3.63) is 56.6 Å². The molecule has 2 rings (SSSR count). The molecule has 2 N–H and O–H groups in total. The summed E-state index contributed by atoms with van der Waals surface area (Å²) < 4.78 is 9.77. The van der Waals surface area contributed by atoms with Gasteiger partial charge in [-0.1, -0.05) is 22.3 Å². The van der Waals surface area contributed by atoms with E-state index in [-0.39, 0.29) is 33.7 Å². The Morgan fingerprint density at radius 2 is 1.21 bits per heavy atom. The molecule has 0 atom stereocenters. The summed E-state index contributed by atoms with van der Waals surface area (Å²) in [5.74, 6) is 0.879. The van der Waals surface area contributed by atoms with Crippen LogP contribution in [0.3, 0.4) is 0 Å². The number of nitrogen functional groups attached to an aromatic ring is 1. The van der Waals surface area contributed by atoms with E-state index in [1.54, 1.807) is 11.0 Å². The molecule has 0 bridgehead atoms. The Balaban J connectivity index is -0.000000426. The smallest absolute Gasteiger partial charge is 0.275 e. The first-order valence-electron chi connectivity index (χ1n) is 7.27. The maximum absolute atomic E-state index is 10.6. The van der Waals surface area contributed by atoms with Crippen molar-refractivity contribution in [2.75, 3.05) is 38.9 Å². The Morgan fingerprint density at radius 3 is 1.59 bits per heavy atom. The van der Waals surface area contributed by atoms with Crippen molar-refractivity contribution in [2.45, 2.75) is 22.3 Å². The molecule has 0 aliphatic carbocycles. The molecule has 2 aromatic carbocycles. The van der Waals surface area contributed by atoms with Gasteiger partial charge in [0.2, 0.25) is 0 Å². The number of nitrogens with two attached hydrogens (primary N) is 1. The topological polar surface area (TPSA) is 134 Å². The summed E-state index contributed by atoms with van der Waals surface area (Å²) in [5, 5.41) is 20.9. The van der Waals surface area contributed by atoms with Gasteiger partial charge in [-0.05, 0) is 0 Å². The summed E-state index contributed by atoms with van der Waals surface area (Å²) in [5.41, 5.74) is 6.43. The van der Waals surface area contributed by atoms with Gasteiger partial charge in [0.05, 0.1) is 36.2 Å². The van der Waals surface area contributed by atoms with Gasteiger partial charge in [-0.3, -0.25) is 20.2 Å². The molecule has 0 spiro atoms. The minimum atomic E-state index is -0.515. The Hall–Kier alpha value is -3.56. The van der Waals surface area contributed by atoms with E-state index in [9.17, 15) is 20.2 Å². The molecule has 2 aromatic rings. The van der Waals surface area contributed by atoms with Crippen molar-refractivity contribution in [1.82, 2.24) is 0 Å². The molecule has 164 valence electrons. The van der Waals surface area contributed by atoms with Gasteiger partial charge in [-0.2, -0.15) is 0 Å². The SMILES string of the molecule is C.C.C.COc1cc(N(C)C)cc([N+](=O)[O-])c1.COc1cc(N)cc([N+](=O)[O-])c1. The third kappa shape index (κ3) is 9.27. The van der Waals surface area contributed by atoms with Gasteiger partial charge in [-0.15, -0.1) is 0 Å². The van der Waals surface area contributed by atoms with Crippen molar-refractivity contribution in [3.63, 3.8) is 0 Å². The second-order valence-corrected chi connectivity index (χ2v) is 5.26. The van der Waals surface area contributed by atoms with E-state index in [2.05, 4.69) is 0 Å². The predicted molar refractivity (Wildman–Crippen MR) is 118 cm³/mol. The lowest BCUT2D eigenvalue weighted by Gasteiger charge is -2.13. The molecule has 10 heteroatoms. The van der Waals surface area contributed by atoms with Crippen LogP contribution in [0.2, 0.25) is 0 Å². The van der Waals surface area contributed by atoms with Crippen LogP contribution in [0.15, 0.2) is 36.4 Å². The zero-order chi connectivity index (χ0) is 19.9. The first-order valence-corrected chi connectivity index (χ1v) is 7.27. The van der Waals surface area contributed by atoms with Crippen LogP contribution in [0.1, 0.15) is 22.3 Å². The molecule has 0 fully saturated rings. The molecule has 0 amide bonds. The summed E-state index contributed by atoms with van der Waals surface area (Å²) in [4.78, 5) is 21.7. The number of hydrogen-bond donors (Lipinski definition) is 1. The van der Waals surface area contributed by atoms with Gasteiger partial charge in [0.15, 0.2) is 0 Å². The Kier molecular flexibility index (Phi) is 14.1. The normalized spacial score (nSPS) is 8.55. The molecular weight excluding hydrogens is 380 g/mol. The highest BCUT2D eigenvalue weighted by atomic mass is 16.6. The van der Waals surface area contributed by atoms with Crippen LogP contribution in [0.5, 0.6) is 11.5 Å². The molecule has 0 radical (unpaired) electrons. The molecule has 0 unspecified atom stereocenters. The summed E-state index contributed by atoms with van der Waals surface area (Å²) in [6.07, 6.45) is 0. The quantitative estimate of drug-likeness (QED) is 0.422. The second-order valence-electron chi connectivity index (χ2n) is 5.26. The van der Waals surface area contributed by atoms with E-state index >= 15 is 0 Å². The number of benzene rings is 2. The van der Waals surface area contributed by atoms with E-state index in [4.69, 9.17) is 15.2 Å². The van der Waals surface area contributed by atoms with Gasteiger partial charge in [-0.25, -0.2) is 0 Å². The molecule has 0 heterocycles. The standard InChI is InChI=1S/C9H12N2O3.C7H8N2O3.3CH4/c1-10(2)7-4-8(11(12)13)6-9(5-7)14-3;1-12-7-3-5(8)2-6(4-7)9(10)11;;;/h4-6H,1-3H3;2-4H,8H2,1H3;3*1H4. The largest absolute Gasteiger partial charge is 0.496 e. The molecule has 0 aliphatic heterocycles. The van der Waals surface area contributed by atoms with Gasteiger partial charge >= 0.3 is 0 Å². The maximum Gasteiger partial charge on any atom is 0.275 e. The number of rotatable bonds is 5. The maximum atomic E-state index is 10.6. The summed E-state index contributed by atoms with van der Waals surface area (Å²) in [6, 6.07) is 8.76. The number of hydrogen-bond acceptors (Lipinski definition) is 8. The van der Waals surface area contributed by atoms with E-state index in [0.29, 0.717) is 17.2 Å². The van der Waals surface area contributed by atoms with E-state index < -0.39 is 9.85 Å². The number of nitrogens with zero attached hydrogens (tertiary/aromatic N) is 3. The number of nitro benzene ring substituents is 2. The highest BCUT2D eigenvalue weighted by Gasteiger charge is 2.11. The lowest BCUT2D eigenvalue weighted by atomic mass is 10.2. The van der Waals surface area contributed by atoms with Crippen LogP contribution in [-0.2, 0) is 0 Å². The minimum absolute atomic E-state index is 0. The Labute approximate surface area is 172 Å². The first kappa shape index (κ1) is 30.2. The monoisotopic (exact) mass is 412 g/mol. The average molecular weight is 412 g/mol. The Bertz CT molecular complexity index is 796. The van der Waals surface area contributed by atoms with Crippen LogP contribution in [0.25, 0.3) is 0 Å². The van der Waals surface area contributed by atoms with Crippen molar-refractivity contribution in [2.24, 2.45) is 0 Å². The highest BCUT2D eigenvalue weighted by Crippen LogP contribution is 2.27. The van der Waals surface area contributed by atoms with Crippen LogP contribution in [0, 0.1) is 20.2 Å². The molecule has 29 heavy (non-hydrogen) atoms. The van der Waals surface area contributed by atoms with Crippen LogP contribution >= 0.6 is 0 Å². The second kappa shape index (κ2) is 13.6. The summed E-state index contributed by atoms with van der Waals surface area (Å²) in [7, 11) is 6.55. The van der Waals surface area contributed by atoms with Crippen LogP contribution < -0.4 is 20.1 Å². The average Bonchev–Trinajstić information content (AvgIpc) is 2.60. The fourth-order valence-corrected chi connectivity index (χ4v) is 1.88. The fraction of sp³-hybridized carbons (Fsp3) is 0.368. The number of methoxy groups -OCH3 is 2. The van der Waals surface area contributed by atoms with Gasteiger partial charge in [0, 0.05) is 49.7 Å². The molecule has 0 aromatic heterocycles. The number of ether oxygens (including phenoxy) is 2. The molecule has 0 aliphatic rings. The van der Waals surface area contributed by atoms with Gasteiger partial charge in [0.1, 0.15) is 11.5 Å². The minimum Gasteiger partial charge on any atom is -0.496 e. The first-order chi connectivity index (χ1) is 12.2. The Morgan fingerprint density at radius 1 is 0.793 bits per heavy atom. The third-order valence-corrected chi connectivity index (χ3v) is 3.20. The van der Waals surface area contributed by atoms with E-state index in [1.807, 2.05) is 14.1 Å². The summed E-state index contributed by atoms with van der Waals surface area (Å²) >= 11 is 0. The van der Waals surface area contributed by atoms with Crippen molar-refractivity contribution >= 4 is 22.7 Å². The number of non-ortho nitro benzene ring substituents is 2. The molecule has 10 nitrogen and oxygen atoms in total. The molecule has 0 saturated carbocycles. The highest BCUT2D eigenvalue weighted by molar-refractivity contribution is 5.57. The zero-order valence-corrected chi connectivity index (χ0v) is 14.8. The third-order valence-electron chi connectivity index (χ3n) is 3.20. The number of nitro groups is 2. The van der Waals surface area contributed by atoms with Crippen LogP contribution in [0.4, 0.5) is 22.7 Å². The zero-order valence-electron chi connectivity index (χ0n) is 14.8. The molecular formula is C19H32N4O6. The number of anilines is 2. The summed E-state index contributed by atoms with van der Waals surface area (Å²) in [6.45, 7) is 0. The van der Waals surface area contributed by atoms with E-state index in [0.717, 1.165) is 5.69 Å². The van der Waals surface area contributed by atoms with Crippen molar-refractivity contribution < 1.29 is 19.3 Å².